The highest BCUT2D eigenvalue weighted by Crippen LogP contribution is 2.36. The number of piperidine rings is 1. The molecule has 0 amide bonds. The van der Waals surface area contributed by atoms with Gasteiger partial charge in [-0.15, -0.1) is 0 Å². The average molecular weight is 439 g/mol. The van der Waals surface area contributed by atoms with Gasteiger partial charge < -0.3 is 29.2 Å². The minimum atomic E-state index is 0.155. The van der Waals surface area contributed by atoms with E-state index in [0.29, 0.717) is 26.0 Å². The van der Waals surface area contributed by atoms with Crippen LogP contribution in [0.5, 0.6) is 11.5 Å². The molecule has 170 valence electrons. The number of rotatable bonds is 4. The molecule has 8 nitrogen and oxygen atoms in total. The number of fused-ring (bicyclic) bond motifs is 2. The summed E-state index contributed by atoms with van der Waals surface area (Å²) in [5.74, 6) is 1.70. The van der Waals surface area contributed by atoms with Crippen LogP contribution in [-0.2, 0) is 9.47 Å². The van der Waals surface area contributed by atoms with E-state index in [2.05, 4.69) is 32.2 Å². The SMILES string of the molecule is c1cncc(NC2CO[C@H]3CN(C4CCN(c5ccc6c(c5)OCO6)CC4)C[C@@H]3OC2)c1. The van der Waals surface area contributed by atoms with Crippen LogP contribution in [0.2, 0.25) is 0 Å². The molecule has 2 atom stereocenters. The molecule has 5 heterocycles. The van der Waals surface area contributed by atoms with Crippen molar-refractivity contribution in [1.29, 1.82) is 0 Å². The number of pyridine rings is 1. The highest BCUT2D eigenvalue weighted by molar-refractivity contribution is 5.57. The van der Waals surface area contributed by atoms with E-state index in [1.54, 1.807) is 6.20 Å². The molecule has 8 heteroatoms. The van der Waals surface area contributed by atoms with Gasteiger partial charge in [0, 0.05) is 56.4 Å². The van der Waals surface area contributed by atoms with Crippen LogP contribution >= 0.6 is 0 Å². The molecular weight excluding hydrogens is 408 g/mol. The van der Waals surface area contributed by atoms with Gasteiger partial charge in [0.1, 0.15) is 0 Å². The summed E-state index contributed by atoms with van der Waals surface area (Å²) in [6.07, 6.45) is 6.23. The maximum absolute atomic E-state index is 6.28. The van der Waals surface area contributed by atoms with Gasteiger partial charge in [0.05, 0.1) is 37.2 Å². The number of aromatic nitrogens is 1. The van der Waals surface area contributed by atoms with E-state index in [1.807, 2.05) is 24.4 Å². The molecule has 0 spiro atoms. The van der Waals surface area contributed by atoms with Gasteiger partial charge in [0.15, 0.2) is 11.5 Å². The first-order valence-electron chi connectivity index (χ1n) is 11.6. The normalized spacial score (nSPS) is 26.7. The number of nitrogens with zero attached hydrogens (tertiary/aromatic N) is 3. The second-order valence-electron chi connectivity index (χ2n) is 9.04. The van der Waals surface area contributed by atoms with E-state index < -0.39 is 0 Å². The third-order valence-corrected chi connectivity index (χ3v) is 7.00. The van der Waals surface area contributed by atoms with Crippen molar-refractivity contribution in [2.75, 3.05) is 56.4 Å². The number of ether oxygens (including phenoxy) is 4. The van der Waals surface area contributed by atoms with Crippen LogP contribution < -0.4 is 19.7 Å². The summed E-state index contributed by atoms with van der Waals surface area (Å²) in [6.45, 7) is 5.66. The summed E-state index contributed by atoms with van der Waals surface area (Å²) in [4.78, 5) is 9.20. The predicted molar refractivity (Wildman–Crippen MR) is 121 cm³/mol. The van der Waals surface area contributed by atoms with Crippen LogP contribution in [0.3, 0.4) is 0 Å². The summed E-state index contributed by atoms with van der Waals surface area (Å²) in [5, 5.41) is 3.47. The molecule has 6 rings (SSSR count). The third kappa shape index (κ3) is 4.10. The lowest BCUT2D eigenvalue weighted by molar-refractivity contribution is -0.00461. The fraction of sp³-hybridized carbons (Fsp3) is 0.542. The van der Waals surface area contributed by atoms with Crippen LogP contribution in [0.25, 0.3) is 0 Å². The van der Waals surface area contributed by atoms with Crippen molar-refractivity contribution >= 4 is 11.4 Å². The van der Waals surface area contributed by atoms with Crippen molar-refractivity contribution in [1.82, 2.24) is 9.88 Å². The lowest BCUT2D eigenvalue weighted by Crippen LogP contribution is -2.45. The summed E-state index contributed by atoms with van der Waals surface area (Å²) in [6, 6.07) is 11.0. The molecule has 0 unspecified atom stereocenters. The van der Waals surface area contributed by atoms with Crippen molar-refractivity contribution in [2.45, 2.75) is 37.1 Å². The van der Waals surface area contributed by atoms with Gasteiger partial charge in [0.2, 0.25) is 6.79 Å². The van der Waals surface area contributed by atoms with E-state index in [1.165, 1.54) is 5.69 Å². The molecule has 32 heavy (non-hydrogen) atoms. The molecule has 1 aromatic heterocycles. The van der Waals surface area contributed by atoms with Gasteiger partial charge in [-0.25, -0.2) is 0 Å². The van der Waals surface area contributed by atoms with Gasteiger partial charge >= 0.3 is 0 Å². The van der Waals surface area contributed by atoms with E-state index in [-0.39, 0.29) is 18.2 Å². The molecule has 3 fully saturated rings. The quantitative estimate of drug-likeness (QED) is 0.781. The predicted octanol–water partition coefficient (Wildman–Crippen LogP) is 2.36. The topological polar surface area (TPSA) is 68.3 Å². The van der Waals surface area contributed by atoms with Crippen molar-refractivity contribution in [3.8, 4) is 11.5 Å². The lowest BCUT2D eigenvalue weighted by atomic mass is 10.0. The zero-order valence-electron chi connectivity index (χ0n) is 18.2. The molecular formula is C24H30N4O4. The van der Waals surface area contributed by atoms with Crippen LogP contribution in [0.4, 0.5) is 11.4 Å². The van der Waals surface area contributed by atoms with E-state index in [9.17, 15) is 0 Å². The maximum Gasteiger partial charge on any atom is 0.231 e. The molecule has 2 aromatic rings. The van der Waals surface area contributed by atoms with Crippen molar-refractivity contribution in [2.24, 2.45) is 0 Å². The minimum absolute atomic E-state index is 0.155. The number of likely N-dealkylation sites (tertiary alicyclic amines) is 1. The molecule has 1 aromatic carbocycles. The van der Waals surface area contributed by atoms with Crippen molar-refractivity contribution < 1.29 is 18.9 Å². The van der Waals surface area contributed by atoms with Gasteiger partial charge in [-0.05, 0) is 37.1 Å². The first-order chi connectivity index (χ1) is 15.8. The molecule has 0 radical (unpaired) electrons. The second kappa shape index (κ2) is 8.77. The number of hydrogen-bond donors (Lipinski definition) is 1. The minimum Gasteiger partial charge on any atom is -0.454 e. The Hall–Kier alpha value is -2.55. The third-order valence-electron chi connectivity index (χ3n) is 7.00. The zero-order valence-corrected chi connectivity index (χ0v) is 18.2. The van der Waals surface area contributed by atoms with Crippen LogP contribution in [-0.4, -0.2) is 80.4 Å². The van der Waals surface area contributed by atoms with Crippen LogP contribution in [0.1, 0.15) is 12.8 Å². The Morgan fingerprint density at radius 1 is 0.938 bits per heavy atom. The summed E-state index contributed by atoms with van der Waals surface area (Å²) < 4.78 is 23.5. The lowest BCUT2D eigenvalue weighted by Gasteiger charge is -2.38. The Morgan fingerprint density at radius 2 is 1.72 bits per heavy atom. The monoisotopic (exact) mass is 438 g/mol. The number of benzene rings is 1. The highest BCUT2D eigenvalue weighted by atomic mass is 16.7. The fourth-order valence-electron chi connectivity index (χ4n) is 5.26. The molecule has 3 saturated heterocycles. The number of anilines is 2. The molecule has 0 bridgehead atoms. The van der Waals surface area contributed by atoms with Gasteiger partial charge in [-0.1, -0.05) is 0 Å². The summed E-state index contributed by atoms with van der Waals surface area (Å²) in [5.41, 5.74) is 2.23. The van der Waals surface area contributed by atoms with E-state index in [0.717, 1.165) is 56.2 Å². The van der Waals surface area contributed by atoms with Crippen molar-refractivity contribution in [3.05, 3.63) is 42.7 Å². The van der Waals surface area contributed by atoms with E-state index in [4.69, 9.17) is 18.9 Å². The van der Waals surface area contributed by atoms with Crippen LogP contribution in [0.15, 0.2) is 42.7 Å². The van der Waals surface area contributed by atoms with Gasteiger partial charge in [-0.2, -0.15) is 0 Å². The fourth-order valence-corrected chi connectivity index (χ4v) is 5.26. The Bertz CT molecular complexity index is 905. The highest BCUT2D eigenvalue weighted by Gasteiger charge is 2.40. The Morgan fingerprint density at radius 3 is 2.47 bits per heavy atom. The molecule has 4 aliphatic rings. The first kappa shape index (κ1) is 20.1. The Labute approximate surface area is 188 Å². The number of hydrogen-bond acceptors (Lipinski definition) is 8. The molecule has 4 aliphatic heterocycles. The Balaban J connectivity index is 1.00. The molecule has 0 aliphatic carbocycles. The standard InChI is InChI=1S/C24H30N4O4/c1-2-17(11-25-7-1)26-18-14-29-23-12-28(13-24(23)30-15-18)19-5-8-27(9-6-19)20-3-4-21-22(10-20)32-16-31-21/h1-4,7,10-11,18-19,23-24,26H,5-6,8-9,12-16H2/t23-,24-/m0/s1. The summed E-state index contributed by atoms with van der Waals surface area (Å²) >= 11 is 0. The molecule has 1 N–H and O–H groups in total. The first-order valence-corrected chi connectivity index (χ1v) is 11.6. The van der Waals surface area contributed by atoms with Crippen molar-refractivity contribution in [3.63, 3.8) is 0 Å². The summed E-state index contributed by atoms with van der Waals surface area (Å²) in [7, 11) is 0. The van der Waals surface area contributed by atoms with Gasteiger partial charge in [0.25, 0.3) is 0 Å². The van der Waals surface area contributed by atoms with E-state index >= 15 is 0 Å². The number of nitrogens with one attached hydrogen (secondary N) is 1. The van der Waals surface area contributed by atoms with Gasteiger partial charge in [-0.3, -0.25) is 9.88 Å². The maximum atomic E-state index is 6.28. The second-order valence-corrected chi connectivity index (χ2v) is 9.04. The van der Waals surface area contributed by atoms with Crippen LogP contribution in [0, 0.1) is 0 Å². The largest absolute Gasteiger partial charge is 0.454 e. The average Bonchev–Trinajstić information content (AvgIpc) is 3.44. The Kier molecular flexibility index (Phi) is 5.50. The molecule has 0 saturated carbocycles. The zero-order chi connectivity index (χ0) is 21.3. The smallest absolute Gasteiger partial charge is 0.231 e.